The van der Waals surface area contributed by atoms with E-state index < -0.39 is 10.0 Å². The lowest BCUT2D eigenvalue weighted by Crippen LogP contribution is -2.11. The Hall–Kier alpha value is -0.440. The molecular weight excluding hydrogens is 356 g/mol. The van der Waals surface area contributed by atoms with E-state index in [4.69, 9.17) is 0 Å². The molecular formula is C10H11BrN2O2S3. The van der Waals surface area contributed by atoms with Crippen molar-refractivity contribution < 1.29 is 8.42 Å². The highest BCUT2D eigenvalue weighted by molar-refractivity contribution is 9.10. The van der Waals surface area contributed by atoms with Gasteiger partial charge in [-0.2, -0.15) is 0 Å². The van der Waals surface area contributed by atoms with Gasteiger partial charge in [0, 0.05) is 9.35 Å². The molecule has 0 aliphatic heterocycles. The number of hydrogen-bond acceptors (Lipinski definition) is 5. The van der Waals surface area contributed by atoms with Gasteiger partial charge in [0.1, 0.15) is 0 Å². The average Bonchev–Trinajstić information content (AvgIpc) is 2.84. The zero-order valence-electron chi connectivity index (χ0n) is 9.73. The second-order valence-electron chi connectivity index (χ2n) is 3.54. The number of aryl methyl sites for hydroxylation is 2. The van der Waals surface area contributed by atoms with E-state index in [2.05, 4.69) is 25.6 Å². The zero-order chi connectivity index (χ0) is 13.3. The van der Waals surface area contributed by atoms with Gasteiger partial charge in [0.25, 0.3) is 10.0 Å². The van der Waals surface area contributed by atoms with Crippen LogP contribution in [0.4, 0.5) is 5.13 Å². The Morgan fingerprint density at radius 3 is 2.72 bits per heavy atom. The van der Waals surface area contributed by atoms with E-state index in [1.54, 1.807) is 11.4 Å². The fourth-order valence-corrected chi connectivity index (χ4v) is 5.91. The van der Waals surface area contributed by atoms with Crippen LogP contribution in [-0.2, 0) is 16.4 Å². The standard InChI is InChI=1S/C10H11BrN2O2S3/c1-3-8-6(2)17-10(12-8)13-18(14,15)9-7(11)4-5-16-9/h4-5H,3H2,1-2H3,(H,12,13). The predicted octanol–water partition coefficient (Wildman–Crippen LogP) is 3.64. The molecule has 0 spiro atoms. The van der Waals surface area contributed by atoms with Gasteiger partial charge in [-0.3, -0.25) is 4.72 Å². The summed E-state index contributed by atoms with van der Waals surface area (Å²) in [5, 5.41) is 2.15. The minimum atomic E-state index is -3.54. The number of sulfonamides is 1. The van der Waals surface area contributed by atoms with Crippen molar-refractivity contribution in [1.82, 2.24) is 4.98 Å². The van der Waals surface area contributed by atoms with Crippen LogP contribution >= 0.6 is 38.6 Å². The first kappa shape index (κ1) is 14.0. The van der Waals surface area contributed by atoms with Crippen LogP contribution in [0.25, 0.3) is 0 Å². The Morgan fingerprint density at radius 1 is 1.50 bits per heavy atom. The first-order valence-electron chi connectivity index (χ1n) is 5.16. The van der Waals surface area contributed by atoms with Gasteiger partial charge in [0.05, 0.1) is 5.69 Å². The van der Waals surface area contributed by atoms with Crippen molar-refractivity contribution in [2.75, 3.05) is 4.72 Å². The number of hydrogen-bond donors (Lipinski definition) is 1. The smallest absolute Gasteiger partial charge is 0.254 e. The van der Waals surface area contributed by atoms with Gasteiger partial charge in [0.15, 0.2) is 9.34 Å². The number of thiazole rings is 1. The molecule has 0 aliphatic rings. The van der Waals surface area contributed by atoms with Gasteiger partial charge in [-0.05, 0) is 40.7 Å². The molecule has 0 atom stereocenters. The average molecular weight is 367 g/mol. The van der Waals surface area contributed by atoms with E-state index in [0.717, 1.165) is 17.0 Å². The summed E-state index contributed by atoms with van der Waals surface area (Å²) in [5.41, 5.74) is 0.933. The summed E-state index contributed by atoms with van der Waals surface area (Å²) in [4.78, 5) is 5.31. The van der Waals surface area contributed by atoms with Crippen LogP contribution in [-0.4, -0.2) is 13.4 Å². The van der Waals surface area contributed by atoms with E-state index in [0.29, 0.717) is 9.60 Å². The molecule has 0 saturated heterocycles. The van der Waals surface area contributed by atoms with Crippen molar-refractivity contribution >= 4 is 53.8 Å². The SMILES string of the molecule is CCc1nc(NS(=O)(=O)c2sccc2Br)sc1C. The maximum atomic E-state index is 12.1. The van der Waals surface area contributed by atoms with Crippen molar-refractivity contribution in [3.05, 3.63) is 26.5 Å². The molecule has 4 nitrogen and oxygen atoms in total. The van der Waals surface area contributed by atoms with E-state index in [1.807, 2.05) is 13.8 Å². The number of nitrogens with zero attached hydrogens (tertiary/aromatic N) is 1. The van der Waals surface area contributed by atoms with Crippen molar-refractivity contribution in [3.8, 4) is 0 Å². The van der Waals surface area contributed by atoms with Gasteiger partial charge < -0.3 is 0 Å². The second kappa shape index (κ2) is 5.28. The third kappa shape index (κ3) is 2.76. The van der Waals surface area contributed by atoms with Crippen LogP contribution in [0, 0.1) is 6.92 Å². The van der Waals surface area contributed by atoms with Gasteiger partial charge in [-0.15, -0.1) is 22.7 Å². The summed E-state index contributed by atoms with van der Waals surface area (Å²) in [6.45, 7) is 3.94. The van der Waals surface area contributed by atoms with E-state index in [9.17, 15) is 8.42 Å². The largest absolute Gasteiger partial charge is 0.274 e. The van der Waals surface area contributed by atoms with Crippen molar-refractivity contribution in [2.45, 2.75) is 24.5 Å². The molecule has 0 saturated carbocycles. The third-order valence-corrected chi connectivity index (χ3v) is 7.34. The quantitative estimate of drug-likeness (QED) is 0.898. The zero-order valence-corrected chi connectivity index (χ0v) is 13.8. The number of thiophene rings is 1. The molecule has 0 amide bonds. The van der Waals surface area contributed by atoms with E-state index in [1.165, 1.54) is 22.7 Å². The molecule has 98 valence electrons. The summed E-state index contributed by atoms with van der Waals surface area (Å²) in [6.07, 6.45) is 0.798. The fraction of sp³-hybridized carbons (Fsp3) is 0.300. The lowest BCUT2D eigenvalue weighted by Gasteiger charge is -2.02. The molecule has 2 aromatic heterocycles. The summed E-state index contributed by atoms with van der Waals surface area (Å²) >= 11 is 5.75. The minimum absolute atomic E-state index is 0.272. The molecule has 2 aromatic rings. The molecule has 1 N–H and O–H groups in total. The van der Waals surface area contributed by atoms with Crippen molar-refractivity contribution in [1.29, 1.82) is 0 Å². The van der Waals surface area contributed by atoms with Crippen LogP contribution in [0.1, 0.15) is 17.5 Å². The molecule has 2 heterocycles. The van der Waals surface area contributed by atoms with Crippen molar-refractivity contribution in [3.63, 3.8) is 0 Å². The highest BCUT2D eigenvalue weighted by Gasteiger charge is 2.21. The number of halogens is 1. The van der Waals surface area contributed by atoms with Gasteiger partial charge in [-0.1, -0.05) is 6.92 Å². The molecule has 18 heavy (non-hydrogen) atoms. The molecule has 0 radical (unpaired) electrons. The molecule has 0 aromatic carbocycles. The number of rotatable bonds is 4. The van der Waals surface area contributed by atoms with E-state index >= 15 is 0 Å². The minimum Gasteiger partial charge on any atom is -0.254 e. The Bertz CT molecular complexity index is 660. The van der Waals surface area contributed by atoms with Crippen LogP contribution in [0.5, 0.6) is 0 Å². The Balaban J connectivity index is 2.31. The fourth-order valence-electron chi connectivity index (χ4n) is 1.43. The molecule has 8 heteroatoms. The highest BCUT2D eigenvalue weighted by Crippen LogP contribution is 2.31. The Morgan fingerprint density at radius 2 is 2.22 bits per heavy atom. The van der Waals surface area contributed by atoms with Crippen LogP contribution in [0.15, 0.2) is 20.1 Å². The lowest BCUT2D eigenvalue weighted by atomic mass is 10.3. The van der Waals surface area contributed by atoms with E-state index in [-0.39, 0.29) is 4.21 Å². The lowest BCUT2D eigenvalue weighted by molar-refractivity contribution is 0.603. The number of anilines is 1. The highest BCUT2D eigenvalue weighted by atomic mass is 79.9. The third-order valence-electron chi connectivity index (χ3n) is 2.28. The molecule has 0 aliphatic carbocycles. The predicted molar refractivity (Wildman–Crippen MR) is 79.1 cm³/mol. The first-order valence-corrected chi connectivity index (χ1v) is 9.13. The maximum Gasteiger partial charge on any atom is 0.274 e. The Kier molecular flexibility index (Phi) is 4.10. The van der Waals surface area contributed by atoms with Gasteiger partial charge >= 0.3 is 0 Å². The summed E-state index contributed by atoms with van der Waals surface area (Å²) in [6, 6.07) is 1.71. The summed E-state index contributed by atoms with van der Waals surface area (Å²) in [7, 11) is -3.54. The topological polar surface area (TPSA) is 59.1 Å². The van der Waals surface area contributed by atoms with Gasteiger partial charge in [-0.25, -0.2) is 13.4 Å². The summed E-state index contributed by atoms with van der Waals surface area (Å²) < 4.78 is 27.6. The Labute approximate surface area is 122 Å². The molecule has 0 bridgehead atoms. The van der Waals surface area contributed by atoms with Crippen LogP contribution < -0.4 is 4.72 Å². The molecule has 0 fully saturated rings. The molecule has 2 rings (SSSR count). The molecule has 0 unspecified atom stereocenters. The first-order chi connectivity index (χ1) is 8.44. The number of aromatic nitrogens is 1. The maximum absolute atomic E-state index is 12.1. The number of nitrogens with one attached hydrogen (secondary N) is 1. The van der Waals surface area contributed by atoms with Crippen LogP contribution in [0.2, 0.25) is 0 Å². The van der Waals surface area contributed by atoms with Gasteiger partial charge in [0.2, 0.25) is 0 Å². The van der Waals surface area contributed by atoms with Crippen molar-refractivity contribution in [2.24, 2.45) is 0 Å². The second-order valence-corrected chi connectivity index (χ2v) is 8.39. The van der Waals surface area contributed by atoms with Crippen LogP contribution in [0.3, 0.4) is 0 Å². The normalized spacial score (nSPS) is 11.7. The monoisotopic (exact) mass is 366 g/mol. The summed E-state index contributed by atoms with van der Waals surface area (Å²) in [5.74, 6) is 0.